The fourth-order valence-corrected chi connectivity index (χ4v) is 3.26. The van der Waals surface area contributed by atoms with E-state index in [2.05, 4.69) is 5.32 Å². The molecule has 3 unspecified atom stereocenters. The maximum absolute atomic E-state index is 13.0. The third-order valence-corrected chi connectivity index (χ3v) is 4.86. The Labute approximate surface area is 171 Å². The summed E-state index contributed by atoms with van der Waals surface area (Å²) in [5.41, 5.74) is 6.29. The van der Waals surface area contributed by atoms with Crippen LogP contribution in [0.5, 0.6) is 5.75 Å². The number of phenols is 1. The third kappa shape index (κ3) is 5.31. The quantitative estimate of drug-likeness (QED) is 0.405. The lowest BCUT2D eigenvalue weighted by Gasteiger charge is -2.39. The van der Waals surface area contributed by atoms with Crippen LogP contribution in [0.15, 0.2) is 66.2 Å². The summed E-state index contributed by atoms with van der Waals surface area (Å²) in [7, 11) is 0. The molecule has 0 saturated carbocycles. The molecule has 2 rings (SSSR count). The number of rotatable bonds is 8. The first kappa shape index (κ1) is 22.3. The van der Waals surface area contributed by atoms with E-state index < -0.39 is 29.4 Å². The van der Waals surface area contributed by atoms with Crippen LogP contribution >= 0.6 is 0 Å². The van der Waals surface area contributed by atoms with E-state index in [1.807, 2.05) is 0 Å². The molecule has 0 bridgehead atoms. The summed E-state index contributed by atoms with van der Waals surface area (Å²) in [4.78, 5) is 25.5. The zero-order valence-corrected chi connectivity index (χ0v) is 16.9. The highest BCUT2D eigenvalue weighted by atomic mass is 16.3. The molecule has 0 fully saturated rings. The molecule has 2 aromatic carbocycles. The van der Waals surface area contributed by atoms with E-state index in [0.717, 1.165) is 5.57 Å². The van der Waals surface area contributed by atoms with Gasteiger partial charge in [-0.1, -0.05) is 55.0 Å². The molecule has 5 N–H and O–H groups in total. The zero-order chi connectivity index (χ0) is 21.6. The van der Waals surface area contributed by atoms with Gasteiger partial charge in [0.1, 0.15) is 11.4 Å². The van der Waals surface area contributed by atoms with Crippen molar-refractivity contribution in [2.45, 2.75) is 44.9 Å². The Bertz CT molecular complexity index is 874. The molecule has 29 heavy (non-hydrogen) atoms. The van der Waals surface area contributed by atoms with Gasteiger partial charge in [-0.3, -0.25) is 9.59 Å². The molecule has 154 valence electrons. The van der Waals surface area contributed by atoms with Gasteiger partial charge in [-0.25, -0.2) is 0 Å². The van der Waals surface area contributed by atoms with Crippen LogP contribution in [0.4, 0.5) is 0 Å². The predicted octanol–water partition coefficient (Wildman–Crippen LogP) is 2.65. The topological polar surface area (TPSA) is 113 Å². The number of aromatic hydroxyl groups is 1. The van der Waals surface area contributed by atoms with Crippen molar-refractivity contribution in [1.82, 2.24) is 5.32 Å². The van der Waals surface area contributed by atoms with E-state index >= 15 is 0 Å². The molecule has 0 radical (unpaired) electrons. The number of nitrogens with two attached hydrogens (primary N) is 1. The number of allylic oxidation sites excluding steroid dienone is 1. The van der Waals surface area contributed by atoms with Crippen molar-refractivity contribution in [2.75, 3.05) is 0 Å². The second kappa shape index (κ2) is 9.49. The Morgan fingerprint density at radius 2 is 1.69 bits per heavy atom. The van der Waals surface area contributed by atoms with Crippen molar-refractivity contribution < 1.29 is 19.8 Å². The Balaban J connectivity index is 2.50. The number of Topliss-reactive ketones (excluding diaryl/α,β-unsaturated/α-hetero) is 1. The number of carbonyl (C=O) groups excluding carboxylic acids is 2. The molecule has 0 heterocycles. The van der Waals surface area contributed by atoms with E-state index in [1.54, 1.807) is 63.2 Å². The zero-order valence-electron chi connectivity index (χ0n) is 16.9. The highest BCUT2D eigenvalue weighted by Gasteiger charge is 2.44. The number of phenolic OH excluding ortho intramolecular Hbond substituents is 1. The number of hydrogen-bond acceptors (Lipinski definition) is 5. The summed E-state index contributed by atoms with van der Waals surface area (Å²) in [6.45, 7) is 5.29. The standard InChI is InChI=1S/C23H28N2O4/c1-4-23(29,17-10-12-18(26)13-11-17)22(25-19(27)14-15(2)3)20(24)21(28)16-8-6-5-7-9-16/h5-14,20,22,26,29H,4,24H2,1-3H3,(H,25,27). The summed E-state index contributed by atoms with van der Waals surface area (Å²) >= 11 is 0. The average molecular weight is 396 g/mol. The van der Waals surface area contributed by atoms with Crippen molar-refractivity contribution >= 4 is 11.7 Å². The molecule has 6 heteroatoms. The van der Waals surface area contributed by atoms with E-state index in [1.165, 1.54) is 18.2 Å². The van der Waals surface area contributed by atoms with Crippen molar-refractivity contribution in [1.29, 1.82) is 0 Å². The van der Waals surface area contributed by atoms with Crippen LogP contribution in [-0.2, 0) is 10.4 Å². The summed E-state index contributed by atoms with van der Waals surface area (Å²) in [6.07, 6.45) is 1.58. The normalized spacial score (nSPS) is 14.9. The van der Waals surface area contributed by atoms with Crippen LogP contribution in [0.2, 0.25) is 0 Å². The van der Waals surface area contributed by atoms with Gasteiger partial charge in [-0.15, -0.1) is 0 Å². The smallest absolute Gasteiger partial charge is 0.244 e. The molecule has 2 aromatic rings. The SMILES string of the molecule is CCC(O)(c1ccc(O)cc1)C(NC(=O)C=C(C)C)C(N)C(=O)c1ccccc1. The lowest BCUT2D eigenvalue weighted by atomic mass is 9.78. The fraction of sp³-hybridized carbons (Fsp3) is 0.304. The minimum atomic E-state index is -1.62. The molecule has 0 aliphatic rings. The van der Waals surface area contributed by atoms with Gasteiger partial charge in [0.15, 0.2) is 5.78 Å². The number of nitrogens with one attached hydrogen (secondary N) is 1. The molecule has 0 aliphatic carbocycles. The van der Waals surface area contributed by atoms with Crippen LogP contribution in [0, 0.1) is 0 Å². The first-order valence-corrected chi connectivity index (χ1v) is 9.51. The predicted molar refractivity (Wildman–Crippen MR) is 112 cm³/mol. The van der Waals surface area contributed by atoms with Gasteiger partial charge in [0.25, 0.3) is 0 Å². The van der Waals surface area contributed by atoms with Gasteiger partial charge >= 0.3 is 0 Å². The summed E-state index contributed by atoms with van der Waals surface area (Å²) in [5, 5.41) is 23.9. The first-order chi connectivity index (χ1) is 13.7. The highest BCUT2D eigenvalue weighted by Crippen LogP contribution is 2.32. The summed E-state index contributed by atoms with van der Waals surface area (Å²) in [6, 6.07) is 12.2. The van der Waals surface area contributed by atoms with Crippen molar-refractivity contribution in [3.63, 3.8) is 0 Å². The molecule has 0 aliphatic heterocycles. The van der Waals surface area contributed by atoms with Gasteiger partial charge in [0.2, 0.25) is 5.91 Å². The summed E-state index contributed by atoms with van der Waals surface area (Å²) in [5.74, 6) is -0.794. The van der Waals surface area contributed by atoms with Crippen LogP contribution in [-0.4, -0.2) is 34.0 Å². The second-order valence-electron chi connectivity index (χ2n) is 7.29. The molecular weight excluding hydrogens is 368 g/mol. The van der Waals surface area contributed by atoms with Gasteiger partial charge in [-0.2, -0.15) is 0 Å². The van der Waals surface area contributed by atoms with Crippen molar-refractivity contribution in [3.8, 4) is 5.75 Å². The number of hydrogen-bond donors (Lipinski definition) is 4. The Morgan fingerprint density at radius 1 is 1.10 bits per heavy atom. The van der Waals surface area contributed by atoms with Crippen LogP contribution in [0.3, 0.4) is 0 Å². The fourth-order valence-electron chi connectivity index (χ4n) is 3.26. The number of benzene rings is 2. The Morgan fingerprint density at radius 3 is 2.21 bits per heavy atom. The van der Waals surface area contributed by atoms with Gasteiger partial charge in [-0.05, 0) is 38.0 Å². The van der Waals surface area contributed by atoms with Crippen LogP contribution in [0.25, 0.3) is 0 Å². The maximum Gasteiger partial charge on any atom is 0.244 e. The molecule has 6 nitrogen and oxygen atoms in total. The van der Waals surface area contributed by atoms with Crippen molar-refractivity contribution in [2.24, 2.45) is 5.73 Å². The van der Waals surface area contributed by atoms with Gasteiger partial charge in [0.05, 0.1) is 12.1 Å². The van der Waals surface area contributed by atoms with E-state index in [0.29, 0.717) is 11.1 Å². The Kier molecular flexibility index (Phi) is 7.31. The molecule has 1 amide bonds. The molecular formula is C23H28N2O4. The third-order valence-electron chi connectivity index (χ3n) is 4.86. The maximum atomic E-state index is 13.0. The monoisotopic (exact) mass is 396 g/mol. The minimum Gasteiger partial charge on any atom is -0.508 e. The van der Waals surface area contributed by atoms with Crippen molar-refractivity contribution in [3.05, 3.63) is 77.4 Å². The number of ketones is 1. The molecule has 0 spiro atoms. The summed E-state index contributed by atoms with van der Waals surface area (Å²) < 4.78 is 0. The van der Waals surface area contributed by atoms with E-state index in [4.69, 9.17) is 5.73 Å². The minimum absolute atomic E-state index is 0.0435. The van der Waals surface area contributed by atoms with Gasteiger partial charge in [0, 0.05) is 11.6 Å². The van der Waals surface area contributed by atoms with Crippen LogP contribution in [0.1, 0.15) is 43.1 Å². The largest absolute Gasteiger partial charge is 0.508 e. The van der Waals surface area contributed by atoms with Crippen LogP contribution < -0.4 is 11.1 Å². The first-order valence-electron chi connectivity index (χ1n) is 9.51. The molecule has 3 atom stereocenters. The molecule has 0 aromatic heterocycles. The average Bonchev–Trinajstić information content (AvgIpc) is 2.71. The highest BCUT2D eigenvalue weighted by molar-refractivity contribution is 6.01. The number of carbonyl (C=O) groups is 2. The number of aliphatic hydroxyl groups is 1. The van der Waals surface area contributed by atoms with E-state index in [-0.39, 0.29) is 12.2 Å². The van der Waals surface area contributed by atoms with Gasteiger partial charge < -0.3 is 21.3 Å². The number of amides is 1. The lowest BCUT2D eigenvalue weighted by Crippen LogP contribution is -2.61. The Hall–Kier alpha value is -2.96. The van der Waals surface area contributed by atoms with E-state index in [9.17, 15) is 19.8 Å². The molecule has 0 saturated heterocycles. The second-order valence-corrected chi connectivity index (χ2v) is 7.29. The lowest BCUT2D eigenvalue weighted by molar-refractivity contribution is -0.120.